The van der Waals surface area contributed by atoms with Crippen LogP contribution in [0.2, 0.25) is 0 Å². The smallest absolute Gasteiger partial charge is 0.229 e. The van der Waals surface area contributed by atoms with Crippen molar-refractivity contribution in [1.82, 2.24) is 39.8 Å². The Labute approximate surface area is 231 Å². The van der Waals surface area contributed by atoms with Crippen molar-refractivity contribution in [3.05, 3.63) is 65.6 Å². The number of nitrogens with zero attached hydrogens (tertiary/aromatic N) is 8. The Bertz CT molecular complexity index is 1510. The highest BCUT2D eigenvalue weighted by atomic mass is 19.1. The quantitative estimate of drug-likeness (QED) is 0.370. The third-order valence-electron chi connectivity index (χ3n) is 8.08. The summed E-state index contributed by atoms with van der Waals surface area (Å²) in [6.45, 7) is 8.11. The van der Waals surface area contributed by atoms with Crippen LogP contribution in [0.3, 0.4) is 0 Å². The molecule has 0 saturated carbocycles. The monoisotopic (exact) mass is 544 g/mol. The fourth-order valence-corrected chi connectivity index (χ4v) is 5.83. The number of piperidine rings is 2. The Morgan fingerprint density at radius 2 is 1.88 bits per heavy atom. The van der Waals surface area contributed by atoms with Crippen molar-refractivity contribution in [2.45, 2.75) is 52.5 Å². The number of rotatable bonds is 6. The van der Waals surface area contributed by atoms with Crippen molar-refractivity contribution in [1.29, 1.82) is 0 Å². The van der Waals surface area contributed by atoms with E-state index >= 15 is 0 Å². The van der Waals surface area contributed by atoms with E-state index < -0.39 is 5.82 Å². The number of aryl methyl sites for hydroxylation is 2. The molecule has 2 saturated heterocycles. The first-order valence-corrected chi connectivity index (χ1v) is 13.7. The first-order chi connectivity index (χ1) is 19.3. The highest BCUT2D eigenvalue weighted by Crippen LogP contribution is 2.43. The second-order valence-electron chi connectivity index (χ2n) is 10.9. The number of nitrogens with one attached hydrogen (secondary N) is 2. The lowest BCUT2D eigenvalue weighted by atomic mass is 9.71. The number of halogens is 1. The molecule has 0 unspecified atom stereocenters. The first kappa shape index (κ1) is 25.9. The molecule has 2 aliphatic rings. The van der Waals surface area contributed by atoms with Gasteiger partial charge in [-0.15, -0.1) is 0 Å². The van der Waals surface area contributed by atoms with Crippen molar-refractivity contribution >= 4 is 23.5 Å². The summed E-state index contributed by atoms with van der Waals surface area (Å²) in [6, 6.07) is 7.46. The number of hydrogen-bond acceptors (Lipinski definition) is 8. The third kappa shape index (κ3) is 5.01. The molecule has 6 rings (SSSR count). The Morgan fingerprint density at radius 3 is 2.55 bits per heavy atom. The molecular formula is C28H33FN10O. The molecule has 0 bridgehead atoms. The minimum atomic E-state index is -0.412. The number of carbonyl (C=O) groups is 1. The molecule has 2 N–H and O–H groups in total. The van der Waals surface area contributed by atoms with E-state index in [1.165, 1.54) is 10.9 Å². The third-order valence-corrected chi connectivity index (χ3v) is 8.08. The Kier molecular flexibility index (Phi) is 6.68. The van der Waals surface area contributed by atoms with Crippen molar-refractivity contribution in [3.8, 4) is 5.82 Å². The zero-order valence-corrected chi connectivity index (χ0v) is 22.9. The lowest BCUT2D eigenvalue weighted by Crippen LogP contribution is -2.54. The van der Waals surface area contributed by atoms with Gasteiger partial charge in [0, 0.05) is 49.4 Å². The topological polar surface area (TPSA) is 121 Å². The molecular weight excluding hydrogens is 511 g/mol. The molecule has 11 nitrogen and oxygen atoms in total. The van der Waals surface area contributed by atoms with Crippen LogP contribution in [-0.2, 0) is 4.79 Å². The molecule has 2 aliphatic heterocycles. The van der Waals surface area contributed by atoms with Crippen molar-refractivity contribution in [2.24, 2.45) is 5.41 Å². The van der Waals surface area contributed by atoms with Gasteiger partial charge in [0.1, 0.15) is 5.82 Å². The zero-order chi connectivity index (χ0) is 27.9. The Hall–Kier alpha value is -4.35. The lowest BCUT2D eigenvalue weighted by molar-refractivity contribution is -0.150. The molecule has 208 valence electrons. The maximum atomic E-state index is 13.9. The average Bonchev–Trinajstić information content (AvgIpc) is 3.57. The van der Waals surface area contributed by atoms with E-state index in [0.29, 0.717) is 23.4 Å². The van der Waals surface area contributed by atoms with Gasteiger partial charge in [-0.05, 0) is 58.1 Å². The minimum Gasteiger partial charge on any atom is -0.341 e. The van der Waals surface area contributed by atoms with E-state index in [1.54, 1.807) is 12.3 Å². The largest absolute Gasteiger partial charge is 0.341 e. The zero-order valence-electron chi connectivity index (χ0n) is 22.9. The second kappa shape index (κ2) is 10.3. The summed E-state index contributed by atoms with van der Waals surface area (Å²) in [4.78, 5) is 32.0. The number of anilines is 3. The molecule has 1 atom stereocenters. The maximum absolute atomic E-state index is 13.9. The van der Waals surface area contributed by atoms with Crippen molar-refractivity contribution < 1.29 is 9.18 Å². The van der Waals surface area contributed by atoms with Crippen LogP contribution in [0.1, 0.15) is 55.6 Å². The van der Waals surface area contributed by atoms with Gasteiger partial charge in [-0.2, -0.15) is 15.2 Å². The number of pyridine rings is 1. The SMILES string of the molecule is Cc1cc(Nc2cc(C)[nH]n2)nc(N2CCC3(CCCN([C@H](C)c4ccc(-n5cc(F)cn5)nc4)C3=O)CC2)n1. The molecule has 4 aromatic rings. The van der Waals surface area contributed by atoms with Crippen LogP contribution in [0.25, 0.3) is 5.82 Å². The summed E-state index contributed by atoms with van der Waals surface area (Å²) in [5.74, 6) is 2.41. The number of aromatic nitrogens is 7. The predicted molar refractivity (Wildman–Crippen MR) is 148 cm³/mol. The fourth-order valence-electron chi connectivity index (χ4n) is 5.83. The van der Waals surface area contributed by atoms with E-state index in [9.17, 15) is 9.18 Å². The van der Waals surface area contributed by atoms with Gasteiger partial charge in [-0.1, -0.05) is 6.07 Å². The van der Waals surface area contributed by atoms with E-state index in [2.05, 4.69) is 35.5 Å². The Morgan fingerprint density at radius 1 is 1.05 bits per heavy atom. The summed E-state index contributed by atoms with van der Waals surface area (Å²) in [5, 5.41) is 14.4. The van der Waals surface area contributed by atoms with Crippen LogP contribution in [0.5, 0.6) is 0 Å². The van der Waals surface area contributed by atoms with Gasteiger partial charge in [-0.25, -0.2) is 19.0 Å². The summed E-state index contributed by atoms with van der Waals surface area (Å²) >= 11 is 0. The van der Waals surface area contributed by atoms with Gasteiger partial charge in [0.05, 0.1) is 23.9 Å². The number of amides is 1. The molecule has 40 heavy (non-hydrogen) atoms. The average molecular weight is 545 g/mol. The van der Waals surface area contributed by atoms with Crippen LogP contribution in [0, 0.1) is 25.1 Å². The number of hydrogen-bond donors (Lipinski definition) is 2. The molecule has 0 aliphatic carbocycles. The highest BCUT2D eigenvalue weighted by molar-refractivity contribution is 5.84. The number of aromatic amines is 1. The molecule has 4 aromatic heterocycles. The van der Waals surface area contributed by atoms with E-state index in [0.717, 1.165) is 68.5 Å². The van der Waals surface area contributed by atoms with Gasteiger partial charge in [0.2, 0.25) is 11.9 Å². The van der Waals surface area contributed by atoms with Gasteiger partial charge in [0.25, 0.3) is 0 Å². The number of carbonyl (C=O) groups excluding carboxylic acids is 1. The van der Waals surface area contributed by atoms with Crippen molar-refractivity contribution in [2.75, 3.05) is 29.9 Å². The number of H-pyrrole nitrogens is 1. The molecule has 1 spiro atoms. The van der Waals surface area contributed by atoms with Gasteiger partial charge in [-0.3, -0.25) is 9.89 Å². The van der Waals surface area contributed by atoms with Crippen LogP contribution in [0.4, 0.5) is 22.0 Å². The van der Waals surface area contributed by atoms with E-state index in [4.69, 9.17) is 4.98 Å². The van der Waals surface area contributed by atoms with Crippen LogP contribution >= 0.6 is 0 Å². The predicted octanol–water partition coefficient (Wildman–Crippen LogP) is 4.25. The van der Waals surface area contributed by atoms with E-state index in [1.807, 2.05) is 43.9 Å². The normalized spacial score (nSPS) is 17.9. The number of likely N-dealkylation sites (tertiary alicyclic amines) is 1. The van der Waals surface area contributed by atoms with E-state index in [-0.39, 0.29) is 17.4 Å². The molecule has 1 amide bonds. The molecule has 0 aromatic carbocycles. The van der Waals surface area contributed by atoms with Crippen LogP contribution in [0.15, 0.2) is 42.9 Å². The highest BCUT2D eigenvalue weighted by Gasteiger charge is 2.47. The van der Waals surface area contributed by atoms with Crippen molar-refractivity contribution in [3.63, 3.8) is 0 Å². The second-order valence-corrected chi connectivity index (χ2v) is 10.9. The summed E-state index contributed by atoms with van der Waals surface area (Å²) in [5.41, 5.74) is 2.40. The summed E-state index contributed by atoms with van der Waals surface area (Å²) in [6.07, 6.45) is 7.57. The minimum absolute atomic E-state index is 0.113. The lowest BCUT2D eigenvalue weighted by Gasteiger charge is -2.48. The van der Waals surface area contributed by atoms with Crippen LogP contribution in [-0.4, -0.2) is 65.4 Å². The van der Waals surface area contributed by atoms with Gasteiger partial charge >= 0.3 is 0 Å². The first-order valence-electron chi connectivity index (χ1n) is 13.7. The molecule has 2 fully saturated rings. The summed E-state index contributed by atoms with van der Waals surface area (Å²) < 4.78 is 14.7. The van der Waals surface area contributed by atoms with Crippen LogP contribution < -0.4 is 10.2 Å². The van der Waals surface area contributed by atoms with Gasteiger partial charge in [0.15, 0.2) is 17.5 Å². The van der Waals surface area contributed by atoms with Gasteiger partial charge < -0.3 is 15.1 Å². The molecule has 6 heterocycles. The molecule has 0 radical (unpaired) electrons. The fraction of sp³-hybridized carbons (Fsp3) is 0.429. The summed E-state index contributed by atoms with van der Waals surface area (Å²) in [7, 11) is 0. The standard InChI is InChI=1S/C28H33FN10O/c1-18-13-23(33-24-14-19(2)35-36-24)34-27(32-18)37-11-8-28(9-12-37)7-4-10-38(26(28)40)20(3)21-5-6-25(30-15-21)39-17-22(29)16-31-39/h5-6,13-17,20H,4,7-12H2,1-3H3,(H2,32,33,34,35,36)/t20-/m1/s1. The molecule has 12 heteroatoms. The maximum Gasteiger partial charge on any atom is 0.229 e. The Balaban J connectivity index is 1.13.